The zero-order chi connectivity index (χ0) is 26.3. The summed E-state index contributed by atoms with van der Waals surface area (Å²) in [7, 11) is -1.13. The summed E-state index contributed by atoms with van der Waals surface area (Å²) in [4.78, 5) is 28.0. The van der Waals surface area contributed by atoms with E-state index in [1.807, 2.05) is 30.3 Å². The third-order valence-electron chi connectivity index (χ3n) is 5.66. The molecule has 3 aromatic rings. The molecule has 190 valence electrons. The first kappa shape index (κ1) is 27.7. The van der Waals surface area contributed by atoms with Gasteiger partial charge in [-0.05, 0) is 47.5 Å². The highest BCUT2D eigenvalue weighted by Crippen LogP contribution is 2.20. The lowest BCUT2D eigenvalue weighted by molar-refractivity contribution is -0.141. The van der Waals surface area contributed by atoms with Gasteiger partial charge in [0.15, 0.2) is 0 Å². The number of carbonyl (C=O) groups is 2. The van der Waals surface area contributed by atoms with E-state index in [-0.39, 0.29) is 23.8 Å². The molecular formula is C26H27Cl2N3O4S. The zero-order valence-corrected chi connectivity index (χ0v) is 22.2. The predicted octanol–water partition coefficient (Wildman–Crippen LogP) is 4.00. The Kier molecular flexibility index (Phi) is 9.50. The first-order valence-corrected chi connectivity index (χ1v) is 13.3. The topological polar surface area (TPSA) is 86.8 Å². The zero-order valence-electron chi connectivity index (χ0n) is 19.9. The summed E-state index contributed by atoms with van der Waals surface area (Å²) in [6.45, 7) is -0.364. The van der Waals surface area contributed by atoms with Gasteiger partial charge in [-0.1, -0.05) is 65.7 Å². The average molecular weight is 548 g/mol. The second-order valence-electron chi connectivity index (χ2n) is 8.18. The Balaban J connectivity index is 1.93. The molecule has 3 rings (SSSR count). The van der Waals surface area contributed by atoms with E-state index >= 15 is 0 Å². The van der Waals surface area contributed by atoms with Crippen molar-refractivity contribution in [2.24, 2.45) is 0 Å². The predicted molar refractivity (Wildman–Crippen MR) is 141 cm³/mol. The largest absolute Gasteiger partial charge is 0.357 e. The number of halogens is 2. The van der Waals surface area contributed by atoms with Crippen LogP contribution in [0.2, 0.25) is 10.0 Å². The first-order chi connectivity index (χ1) is 17.1. The van der Waals surface area contributed by atoms with Crippen LogP contribution in [0.1, 0.15) is 11.1 Å². The number of carbonyl (C=O) groups excluding carboxylic acids is 2. The molecule has 0 aromatic heterocycles. The summed E-state index contributed by atoms with van der Waals surface area (Å²) in [6, 6.07) is 21.1. The van der Waals surface area contributed by atoms with Gasteiger partial charge in [0.2, 0.25) is 21.8 Å². The van der Waals surface area contributed by atoms with Gasteiger partial charge in [-0.2, -0.15) is 4.31 Å². The molecule has 0 radical (unpaired) electrons. The molecule has 0 bridgehead atoms. The molecule has 3 aromatic carbocycles. The number of sulfonamides is 1. The second kappa shape index (κ2) is 12.4. The fourth-order valence-corrected chi connectivity index (χ4v) is 5.03. The standard InChI is InChI=1S/C26H27Cl2N3O4S/c1-29-26(33)24(16-19-6-4-3-5-7-19)31(17-20-8-10-21(27)11-9-20)25(32)18-30(2)36(34,35)23-14-12-22(28)13-15-23/h3-15,24H,16-18H2,1-2H3,(H,29,33)/t24-/m1/s1. The van der Waals surface area contributed by atoms with E-state index in [1.54, 1.807) is 24.3 Å². The van der Waals surface area contributed by atoms with Gasteiger partial charge < -0.3 is 10.2 Å². The van der Waals surface area contributed by atoms with Crippen LogP contribution in [0.3, 0.4) is 0 Å². The van der Waals surface area contributed by atoms with Crippen molar-refractivity contribution < 1.29 is 18.0 Å². The number of rotatable bonds is 10. The van der Waals surface area contributed by atoms with E-state index in [4.69, 9.17) is 23.2 Å². The van der Waals surface area contributed by atoms with Crippen LogP contribution in [0.4, 0.5) is 0 Å². The molecule has 0 saturated carbocycles. The number of nitrogens with zero attached hydrogens (tertiary/aromatic N) is 2. The van der Waals surface area contributed by atoms with Crippen molar-refractivity contribution >= 4 is 45.0 Å². The Morgan fingerprint density at radius 3 is 1.97 bits per heavy atom. The van der Waals surface area contributed by atoms with Gasteiger partial charge in [0, 0.05) is 37.1 Å². The van der Waals surface area contributed by atoms with Crippen LogP contribution in [0, 0.1) is 0 Å². The van der Waals surface area contributed by atoms with Crippen molar-refractivity contribution in [1.82, 2.24) is 14.5 Å². The summed E-state index contributed by atoms with van der Waals surface area (Å²) < 4.78 is 27.1. The molecule has 0 heterocycles. The van der Waals surface area contributed by atoms with Crippen LogP contribution in [0.15, 0.2) is 83.8 Å². The Labute approximate surface area is 221 Å². The van der Waals surface area contributed by atoms with E-state index in [0.29, 0.717) is 10.0 Å². The second-order valence-corrected chi connectivity index (χ2v) is 11.1. The van der Waals surface area contributed by atoms with Gasteiger partial charge in [-0.25, -0.2) is 8.42 Å². The highest BCUT2D eigenvalue weighted by atomic mass is 35.5. The molecule has 0 saturated heterocycles. The highest BCUT2D eigenvalue weighted by Gasteiger charge is 2.32. The molecule has 0 aliphatic carbocycles. The number of likely N-dealkylation sites (N-methyl/N-ethyl adjacent to an activating group) is 2. The molecule has 10 heteroatoms. The minimum absolute atomic E-state index is 0.0126. The summed E-state index contributed by atoms with van der Waals surface area (Å²) in [5.41, 5.74) is 1.61. The molecule has 0 fully saturated rings. The first-order valence-electron chi connectivity index (χ1n) is 11.1. The summed E-state index contributed by atoms with van der Waals surface area (Å²) in [5, 5.41) is 3.57. The van der Waals surface area contributed by atoms with Crippen molar-refractivity contribution in [2.45, 2.75) is 23.9 Å². The van der Waals surface area contributed by atoms with E-state index in [9.17, 15) is 18.0 Å². The third kappa shape index (κ3) is 7.07. The summed E-state index contributed by atoms with van der Waals surface area (Å²) >= 11 is 11.9. The van der Waals surface area contributed by atoms with Crippen molar-refractivity contribution in [3.8, 4) is 0 Å². The maximum Gasteiger partial charge on any atom is 0.243 e. The Hall–Kier alpha value is -2.91. The van der Waals surface area contributed by atoms with Crippen LogP contribution in [-0.4, -0.2) is 56.1 Å². The Morgan fingerprint density at radius 2 is 1.42 bits per heavy atom. The van der Waals surface area contributed by atoms with Gasteiger partial charge in [0.25, 0.3) is 0 Å². The van der Waals surface area contributed by atoms with Gasteiger partial charge in [-0.15, -0.1) is 0 Å². The Bertz CT molecular complexity index is 1290. The van der Waals surface area contributed by atoms with Crippen molar-refractivity contribution in [2.75, 3.05) is 20.6 Å². The lowest BCUT2D eigenvalue weighted by Crippen LogP contribution is -2.52. The van der Waals surface area contributed by atoms with Gasteiger partial charge in [0.05, 0.1) is 11.4 Å². The van der Waals surface area contributed by atoms with Crippen LogP contribution in [0.25, 0.3) is 0 Å². The Morgan fingerprint density at radius 1 is 0.861 bits per heavy atom. The summed E-state index contributed by atoms with van der Waals surface area (Å²) in [5.74, 6) is -0.876. The number of hydrogen-bond acceptors (Lipinski definition) is 4. The number of amides is 2. The smallest absolute Gasteiger partial charge is 0.243 e. The van der Waals surface area contributed by atoms with Gasteiger partial charge >= 0.3 is 0 Å². The van der Waals surface area contributed by atoms with E-state index < -0.39 is 28.5 Å². The van der Waals surface area contributed by atoms with Crippen LogP contribution in [-0.2, 0) is 32.6 Å². The molecule has 0 aliphatic heterocycles. The fourth-order valence-electron chi connectivity index (χ4n) is 3.66. The van der Waals surface area contributed by atoms with E-state index in [0.717, 1.165) is 15.4 Å². The van der Waals surface area contributed by atoms with Crippen molar-refractivity contribution in [3.05, 3.63) is 100 Å². The van der Waals surface area contributed by atoms with Crippen molar-refractivity contribution in [3.63, 3.8) is 0 Å². The number of hydrogen-bond donors (Lipinski definition) is 1. The molecule has 0 spiro atoms. The molecule has 36 heavy (non-hydrogen) atoms. The monoisotopic (exact) mass is 547 g/mol. The van der Waals surface area contributed by atoms with Gasteiger partial charge in [-0.3, -0.25) is 9.59 Å². The third-order valence-corrected chi connectivity index (χ3v) is 7.98. The number of benzene rings is 3. The van der Waals surface area contributed by atoms with Crippen LogP contribution >= 0.6 is 23.2 Å². The van der Waals surface area contributed by atoms with E-state index in [2.05, 4.69) is 5.32 Å². The number of nitrogens with one attached hydrogen (secondary N) is 1. The molecule has 7 nitrogen and oxygen atoms in total. The minimum atomic E-state index is -3.96. The normalized spacial score (nSPS) is 12.2. The maximum atomic E-state index is 13.6. The summed E-state index contributed by atoms with van der Waals surface area (Å²) in [6.07, 6.45) is 0.257. The molecule has 0 unspecified atom stereocenters. The maximum absolute atomic E-state index is 13.6. The molecular weight excluding hydrogens is 521 g/mol. The molecule has 0 aliphatic rings. The lowest BCUT2D eigenvalue weighted by Gasteiger charge is -2.32. The lowest BCUT2D eigenvalue weighted by atomic mass is 10.0. The molecule has 1 atom stereocenters. The van der Waals surface area contributed by atoms with E-state index in [1.165, 1.54) is 43.3 Å². The minimum Gasteiger partial charge on any atom is -0.357 e. The van der Waals surface area contributed by atoms with Gasteiger partial charge in [0.1, 0.15) is 6.04 Å². The molecule has 1 N–H and O–H groups in total. The van der Waals surface area contributed by atoms with Crippen LogP contribution < -0.4 is 5.32 Å². The van der Waals surface area contributed by atoms with Crippen LogP contribution in [0.5, 0.6) is 0 Å². The highest BCUT2D eigenvalue weighted by molar-refractivity contribution is 7.89. The van der Waals surface area contributed by atoms with Crippen molar-refractivity contribution in [1.29, 1.82) is 0 Å². The molecule has 2 amide bonds. The fraction of sp³-hybridized carbons (Fsp3) is 0.231. The SMILES string of the molecule is CNC(=O)[C@@H](Cc1ccccc1)N(Cc1ccc(Cl)cc1)C(=O)CN(C)S(=O)(=O)c1ccc(Cl)cc1. The quantitative estimate of drug-likeness (QED) is 0.415. The average Bonchev–Trinajstić information content (AvgIpc) is 2.87.